The van der Waals surface area contributed by atoms with E-state index < -0.39 is 0 Å². The van der Waals surface area contributed by atoms with Gasteiger partial charge >= 0.3 is 0 Å². The van der Waals surface area contributed by atoms with Gasteiger partial charge in [-0.2, -0.15) is 0 Å². The summed E-state index contributed by atoms with van der Waals surface area (Å²) in [5, 5.41) is 1.05. The Morgan fingerprint density at radius 3 is 2.57 bits per heavy atom. The Kier molecular flexibility index (Phi) is 6.75. The smallest absolute Gasteiger partial charge is 0.0828 e. The third kappa shape index (κ3) is 4.32. The second-order valence-corrected chi connectivity index (χ2v) is 7.09. The van der Waals surface area contributed by atoms with Gasteiger partial charge in [-0.25, -0.2) is 0 Å². The summed E-state index contributed by atoms with van der Waals surface area (Å²) < 4.78 is 6.44. The van der Waals surface area contributed by atoms with Crippen molar-refractivity contribution < 1.29 is 4.74 Å². The van der Waals surface area contributed by atoms with Gasteiger partial charge in [0.2, 0.25) is 0 Å². The molecule has 1 atom stereocenters. The van der Waals surface area contributed by atoms with Gasteiger partial charge < -0.3 is 4.74 Å². The first kappa shape index (κ1) is 17.0. The molecule has 0 heterocycles. The number of benzene rings is 1. The predicted molar refractivity (Wildman–Crippen MR) is 94.1 cm³/mol. The van der Waals surface area contributed by atoms with Crippen molar-refractivity contribution in [2.24, 2.45) is 5.41 Å². The van der Waals surface area contributed by atoms with Crippen LogP contribution in [0.1, 0.15) is 69.6 Å². The summed E-state index contributed by atoms with van der Waals surface area (Å²) in [5.74, 6) is 0. The van der Waals surface area contributed by atoms with Gasteiger partial charge in [0.25, 0.3) is 0 Å². The first-order chi connectivity index (χ1) is 10.2. The molecule has 0 saturated carbocycles. The molecule has 2 heteroatoms. The molecule has 21 heavy (non-hydrogen) atoms. The van der Waals surface area contributed by atoms with Crippen LogP contribution >= 0.6 is 15.9 Å². The van der Waals surface area contributed by atoms with Crippen LogP contribution in [0.5, 0.6) is 0 Å². The predicted octanol–water partition coefficient (Wildman–Crippen LogP) is 6.06. The van der Waals surface area contributed by atoms with Gasteiger partial charge in [0.05, 0.1) is 12.7 Å². The van der Waals surface area contributed by atoms with Gasteiger partial charge in [0.15, 0.2) is 0 Å². The van der Waals surface area contributed by atoms with E-state index in [1.165, 1.54) is 56.1 Å². The van der Waals surface area contributed by atoms with E-state index in [1.54, 1.807) is 0 Å². The fourth-order valence-corrected chi connectivity index (χ4v) is 4.38. The maximum Gasteiger partial charge on any atom is 0.0828 e. The third-order valence-electron chi connectivity index (χ3n) is 4.75. The van der Waals surface area contributed by atoms with E-state index in [2.05, 4.69) is 54.0 Å². The number of halogens is 1. The summed E-state index contributed by atoms with van der Waals surface area (Å²) in [4.78, 5) is 0. The summed E-state index contributed by atoms with van der Waals surface area (Å²) in [6.07, 6.45) is 8.91. The molecule has 0 spiro atoms. The normalized spacial score (nSPS) is 18.5. The number of alkyl halides is 1. The maximum absolute atomic E-state index is 6.44. The number of hydrogen-bond acceptors (Lipinski definition) is 1. The first-order valence-electron chi connectivity index (χ1n) is 8.50. The Morgan fingerprint density at radius 2 is 1.90 bits per heavy atom. The van der Waals surface area contributed by atoms with Crippen LogP contribution in [0.2, 0.25) is 0 Å². The molecular weight excluding hydrogens is 324 g/mol. The van der Waals surface area contributed by atoms with Crippen LogP contribution in [0, 0.1) is 5.41 Å². The molecule has 0 fully saturated rings. The van der Waals surface area contributed by atoms with Gasteiger partial charge in [0.1, 0.15) is 0 Å². The van der Waals surface area contributed by atoms with Crippen LogP contribution in [0.3, 0.4) is 0 Å². The lowest BCUT2D eigenvalue weighted by molar-refractivity contribution is -0.0172. The largest absolute Gasteiger partial charge is 0.373 e. The quantitative estimate of drug-likeness (QED) is 0.516. The van der Waals surface area contributed by atoms with E-state index in [4.69, 9.17) is 4.74 Å². The van der Waals surface area contributed by atoms with Gasteiger partial charge in [-0.1, -0.05) is 66.9 Å². The molecule has 0 aliphatic heterocycles. The molecule has 0 aromatic heterocycles. The standard InChI is InChI=1S/C19H29BrO/c1-3-12-19(14-20,13-4-2)15-21-18-11-7-9-16-8-5-6-10-17(16)18/h5-6,8,10,18H,3-4,7,9,11-15H2,1-2H3. The van der Waals surface area contributed by atoms with E-state index in [0.717, 1.165) is 11.9 Å². The Balaban J connectivity index is 2.04. The van der Waals surface area contributed by atoms with Crippen LogP contribution in [0.4, 0.5) is 0 Å². The molecule has 0 bridgehead atoms. The van der Waals surface area contributed by atoms with Crippen molar-refractivity contribution in [2.75, 3.05) is 11.9 Å². The van der Waals surface area contributed by atoms with Gasteiger partial charge in [-0.05, 0) is 43.2 Å². The van der Waals surface area contributed by atoms with Crippen LogP contribution < -0.4 is 0 Å². The van der Waals surface area contributed by atoms with Crippen LogP contribution in [-0.2, 0) is 11.2 Å². The topological polar surface area (TPSA) is 9.23 Å². The van der Waals surface area contributed by atoms with E-state index >= 15 is 0 Å². The summed E-state index contributed by atoms with van der Waals surface area (Å²) in [7, 11) is 0. The molecule has 1 aromatic carbocycles. The fourth-order valence-electron chi connectivity index (χ4n) is 3.66. The highest BCUT2D eigenvalue weighted by Crippen LogP contribution is 2.37. The average Bonchev–Trinajstić information content (AvgIpc) is 2.53. The monoisotopic (exact) mass is 352 g/mol. The third-order valence-corrected chi connectivity index (χ3v) is 5.94. The summed E-state index contributed by atoms with van der Waals surface area (Å²) >= 11 is 3.75. The summed E-state index contributed by atoms with van der Waals surface area (Å²) in [5.41, 5.74) is 3.24. The zero-order valence-corrected chi connectivity index (χ0v) is 15.1. The lowest BCUT2D eigenvalue weighted by Crippen LogP contribution is -2.30. The molecule has 0 N–H and O–H groups in total. The Bertz CT molecular complexity index is 423. The van der Waals surface area contributed by atoms with Crippen LogP contribution in [0.25, 0.3) is 0 Å². The molecule has 1 aromatic rings. The second-order valence-electron chi connectivity index (χ2n) is 6.52. The minimum Gasteiger partial charge on any atom is -0.373 e. The Morgan fingerprint density at radius 1 is 1.19 bits per heavy atom. The van der Waals surface area contributed by atoms with Crippen LogP contribution in [0.15, 0.2) is 24.3 Å². The zero-order chi connectivity index (χ0) is 15.1. The summed E-state index contributed by atoms with van der Waals surface area (Å²) in [6, 6.07) is 8.82. The molecule has 118 valence electrons. The minimum absolute atomic E-state index is 0.307. The summed E-state index contributed by atoms with van der Waals surface area (Å²) in [6.45, 7) is 5.45. The van der Waals surface area contributed by atoms with E-state index in [1.807, 2.05) is 0 Å². The van der Waals surface area contributed by atoms with E-state index in [9.17, 15) is 0 Å². The maximum atomic E-state index is 6.44. The number of hydrogen-bond donors (Lipinski definition) is 0. The molecule has 1 nitrogen and oxygen atoms in total. The molecule has 1 aliphatic carbocycles. The molecule has 2 rings (SSSR count). The highest BCUT2D eigenvalue weighted by molar-refractivity contribution is 9.09. The second kappa shape index (κ2) is 8.33. The van der Waals surface area contributed by atoms with Gasteiger partial charge in [-0.15, -0.1) is 0 Å². The number of aryl methyl sites for hydroxylation is 1. The molecular formula is C19H29BrO. The highest BCUT2D eigenvalue weighted by Gasteiger charge is 2.30. The van der Waals surface area contributed by atoms with E-state index in [0.29, 0.717) is 11.5 Å². The lowest BCUT2D eigenvalue weighted by Gasteiger charge is -2.35. The fraction of sp³-hybridized carbons (Fsp3) is 0.684. The van der Waals surface area contributed by atoms with Crippen molar-refractivity contribution >= 4 is 15.9 Å². The van der Waals surface area contributed by atoms with Gasteiger partial charge in [-0.3, -0.25) is 0 Å². The zero-order valence-electron chi connectivity index (χ0n) is 13.5. The number of fused-ring (bicyclic) bond motifs is 1. The van der Waals surface area contributed by atoms with Crippen molar-refractivity contribution in [3.63, 3.8) is 0 Å². The minimum atomic E-state index is 0.307. The van der Waals surface area contributed by atoms with Gasteiger partial charge in [0, 0.05) is 10.7 Å². The van der Waals surface area contributed by atoms with Crippen molar-refractivity contribution in [1.82, 2.24) is 0 Å². The van der Waals surface area contributed by atoms with Crippen LogP contribution in [-0.4, -0.2) is 11.9 Å². The lowest BCUT2D eigenvalue weighted by atomic mass is 9.82. The average molecular weight is 353 g/mol. The Hall–Kier alpha value is -0.340. The van der Waals surface area contributed by atoms with E-state index in [-0.39, 0.29) is 0 Å². The highest BCUT2D eigenvalue weighted by atomic mass is 79.9. The SMILES string of the molecule is CCCC(CBr)(CCC)COC1CCCc2ccccc21. The van der Waals surface area contributed by atoms with Crippen molar-refractivity contribution in [1.29, 1.82) is 0 Å². The Labute approximate surface area is 138 Å². The first-order valence-corrected chi connectivity index (χ1v) is 9.62. The van der Waals surface area contributed by atoms with Crippen molar-refractivity contribution in [2.45, 2.75) is 64.9 Å². The number of rotatable bonds is 8. The molecule has 0 amide bonds. The van der Waals surface area contributed by atoms with Crippen molar-refractivity contribution in [3.8, 4) is 0 Å². The molecule has 0 radical (unpaired) electrons. The molecule has 0 saturated heterocycles. The van der Waals surface area contributed by atoms with Crippen molar-refractivity contribution in [3.05, 3.63) is 35.4 Å². The number of ether oxygens (including phenoxy) is 1. The molecule has 1 unspecified atom stereocenters. The molecule has 1 aliphatic rings.